The number of allylic oxidation sites excluding steroid dienone is 1. The van der Waals surface area contributed by atoms with Crippen molar-refractivity contribution in [1.29, 1.82) is 0 Å². The molecule has 0 saturated carbocycles. The highest BCUT2D eigenvalue weighted by Gasteiger charge is 2.24. The fourth-order valence-corrected chi connectivity index (χ4v) is 3.03. The van der Waals surface area contributed by atoms with E-state index in [4.69, 9.17) is 9.47 Å². The van der Waals surface area contributed by atoms with Crippen LogP contribution in [0.15, 0.2) is 24.8 Å². The highest BCUT2D eigenvalue weighted by atomic mass is 16.5. The number of nitrogens with zero attached hydrogens (tertiary/aromatic N) is 1. The van der Waals surface area contributed by atoms with Crippen molar-refractivity contribution >= 4 is 5.91 Å². The zero-order chi connectivity index (χ0) is 16.8. The van der Waals surface area contributed by atoms with E-state index >= 15 is 0 Å². The Balaban J connectivity index is 2.26. The number of carbonyl (C=O) groups excluding carboxylic acids is 1. The van der Waals surface area contributed by atoms with E-state index in [0.29, 0.717) is 29.5 Å². The van der Waals surface area contributed by atoms with Crippen molar-refractivity contribution < 1.29 is 14.3 Å². The fraction of sp³-hybridized carbons (Fsp3) is 0.500. The van der Waals surface area contributed by atoms with Gasteiger partial charge in [0.1, 0.15) is 0 Å². The number of benzene rings is 1. The van der Waals surface area contributed by atoms with Crippen molar-refractivity contribution in [3.05, 3.63) is 35.9 Å². The molecule has 23 heavy (non-hydrogen) atoms. The third-order valence-electron chi connectivity index (χ3n) is 4.36. The highest BCUT2D eigenvalue weighted by Crippen LogP contribution is 2.33. The number of piperidine rings is 1. The van der Waals surface area contributed by atoms with Gasteiger partial charge in [-0.3, -0.25) is 4.79 Å². The lowest BCUT2D eigenvalue weighted by molar-refractivity contribution is 0.0707. The normalized spacial score (nSPS) is 15.3. The summed E-state index contributed by atoms with van der Waals surface area (Å²) in [6.45, 7) is 5.32. The first-order valence-electron chi connectivity index (χ1n) is 7.96. The molecule has 1 saturated heterocycles. The number of amides is 1. The first kappa shape index (κ1) is 17.3. The minimum Gasteiger partial charge on any atom is -0.493 e. The van der Waals surface area contributed by atoms with Gasteiger partial charge in [0, 0.05) is 30.3 Å². The molecule has 0 bridgehead atoms. The fourth-order valence-electron chi connectivity index (χ4n) is 3.03. The number of carbonyl (C=O) groups is 1. The molecule has 1 amide bonds. The maximum absolute atomic E-state index is 12.8. The number of ether oxygens (including phenoxy) is 2. The number of likely N-dealkylation sites (tertiary alicyclic amines) is 1. The Morgan fingerprint density at radius 2 is 2.04 bits per heavy atom. The van der Waals surface area contributed by atoms with Gasteiger partial charge in [0.25, 0.3) is 5.91 Å². The lowest BCUT2D eigenvalue weighted by Crippen LogP contribution is -2.44. The minimum atomic E-state index is 0.0471. The zero-order valence-electron chi connectivity index (χ0n) is 14.2. The van der Waals surface area contributed by atoms with Gasteiger partial charge in [0.15, 0.2) is 11.5 Å². The molecule has 1 fully saturated rings. The Bertz CT molecular complexity index is 564. The van der Waals surface area contributed by atoms with Crippen molar-refractivity contribution in [2.75, 3.05) is 34.4 Å². The van der Waals surface area contributed by atoms with E-state index < -0.39 is 0 Å². The predicted octanol–water partition coefficient (Wildman–Crippen LogP) is 2.26. The summed E-state index contributed by atoms with van der Waals surface area (Å²) in [5.74, 6) is 1.30. The van der Waals surface area contributed by atoms with Gasteiger partial charge in [-0.2, -0.15) is 0 Å². The second-order valence-corrected chi connectivity index (χ2v) is 5.72. The Morgan fingerprint density at radius 3 is 2.57 bits per heavy atom. The van der Waals surface area contributed by atoms with Gasteiger partial charge in [-0.1, -0.05) is 6.08 Å². The third-order valence-corrected chi connectivity index (χ3v) is 4.36. The number of hydrogen-bond acceptors (Lipinski definition) is 4. The van der Waals surface area contributed by atoms with Crippen LogP contribution in [0.2, 0.25) is 0 Å². The van der Waals surface area contributed by atoms with Gasteiger partial charge in [-0.15, -0.1) is 6.58 Å². The first-order valence-corrected chi connectivity index (χ1v) is 7.96. The van der Waals surface area contributed by atoms with Gasteiger partial charge in [-0.25, -0.2) is 0 Å². The Labute approximate surface area is 138 Å². The maximum Gasteiger partial charge on any atom is 0.254 e. The van der Waals surface area contributed by atoms with E-state index in [-0.39, 0.29) is 5.91 Å². The Morgan fingerprint density at radius 1 is 1.35 bits per heavy atom. The molecule has 0 aliphatic carbocycles. The van der Waals surface area contributed by atoms with Crippen molar-refractivity contribution in [2.24, 2.45) is 0 Å². The molecule has 1 aromatic carbocycles. The average Bonchev–Trinajstić information content (AvgIpc) is 2.60. The van der Waals surface area contributed by atoms with Crippen LogP contribution in [-0.2, 0) is 6.42 Å². The van der Waals surface area contributed by atoms with Crippen LogP contribution in [0.5, 0.6) is 11.5 Å². The zero-order valence-corrected chi connectivity index (χ0v) is 14.2. The molecule has 1 N–H and O–H groups in total. The molecule has 0 unspecified atom stereocenters. The van der Waals surface area contributed by atoms with Crippen LogP contribution in [0.1, 0.15) is 28.8 Å². The summed E-state index contributed by atoms with van der Waals surface area (Å²) < 4.78 is 10.8. The SMILES string of the molecule is C=CCc1cc(C(=O)N2CCC(NC)CC2)cc(OC)c1OC. The molecule has 0 spiro atoms. The first-order chi connectivity index (χ1) is 11.1. The van der Waals surface area contributed by atoms with E-state index in [1.807, 2.05) is 18.0 Å². The summed E-state index contributed by atoms with van der Waals surface area (Å²) >= 11 is 0. The summed E-state index contributed by atoms with van der Waals surface area (Å²) in [5.41, 5.74) is 1.55. The molecule has 126 valence electrons. The standard InChI is InChI=1S/C18H26N2O3/c1-5-6-13-11-14(12-16(22-3)17(13)23-4)18(21)20-9-7-15(19-2)8-10-20/h5,11-12,15,19H,1,6-10H2,2-4H3. The van der Waals surface area contributed by atoms with E-state index in [2.05, 4.69) is 11.9 Å². The van der Waals surface area contributed by atoms with E-state index in [1.165, 1.54) is 0 Å². The summed E-state index contributed by atoms with van der Waals surface area (Å²) in [6, 6.07) is 4.15. The molecule has 1 aliphatic heterocycles. The molecule has 1 heterocycles. The van der Waals surface area contributed by atoms with Crippen LogP contribution in [-0.4, -0.2) is 51.2 Å². The number of hydrogen-bond donors (Lipinski definition) is 1. The molecule has 0 atom stereocenters. The van der Waals surface area contributed by atoms with Crippen molar-refractivity contribution in [1.82, 2.24) is 10.2 Å². The van der Waals surface area contributed by atoms with Crippen LogP contribution in [0, 0.1) is 0 Å². The van der Waals surface area contributed by atoms with Crippen molar-refractivity contribution in [3.63, 3.8) is 0 Å². The number of rotatable bonds is 6. The van der Waals surface area contributed by atoms with Crippen LogP contribution in [0.4, 0.5) is 0 Å². The van der Waals surface area contributed by atoms with Crippen LogP contribution in [0.3, 0.4) is 0 Å². The van der Waals surface area contributed by atoms with E-state index in [9.17, 15) is 4.79 Å². The predicted molar refractivity (Wildman–Crippen MR) is 91.4 cm³/mol. The molecule has 0 aromatic heterocycles. The highest BCUT2D eigenvalue weighted by molar-refractivity contribution is 5.95. The van der Waals surface area contributed by atoms with Crippen molar-refractivity contribution in [2.45, 2.75) is 25.3 Å². The molecule has 5 nitrogen and oxygen atoms in total. The quantitative estimate of drug-likeness (QED) is 0.818. The Kier molecular flexibility index (Phi) is 6.04. The van der Waals surface area contributed by atoms with Gasteiger partial charge in [-0.05, 0) is 38.4 Å². The van der Waals surface area contributed by atoms with Gasteiger partial charge >= 0.3 is 0 Å². The summed E-state index contributed by atoms with van der Waals surface area (Å²) in [5, 5.41) is 3.28. The molecule has 5 heteroatoms. The van der Waals surface area contributed by atoms with Crippen molar-refractivity contribution in [3.8, 4) is 11.5 Å². The van der Waals surface area contributed by atoms with Gasteiger partial charge < -0.3 is 19.7 Å². The summed E-state index contributed by atoms with van der Waals surface area (Å²) in [6.07, 6.45) is 4.39. The summed E-state index contributed by atoms with van der Waals surface area (Å²) in [4.78, 5) is 14.7. The molecule has 0 radical (unpaired) electrons. The number of methoxy groups -OCH3 is 2. The molecule has 1 aromatic rings. The number of nitrogens with one attached hydrogen (secondary N) is 1. The largest absolute Gasteiger partial charge is 0.493 e. The summed E-state index contributed by atoms with van der Waals surface area (Å²) in [7, 11) is 5.16. The molecule has 1 aliphatic rings. The second-order valence-electron chi connectivity index (χ2n) is 5.72. The van der Waals surface area contributed by atoms with E-state index in [1.54, 1.807) is 26.4 Å². The average molecular weight is 318 g/mol. The smallest absolute Gasteiger partial charge is 0.254 e. The molecule has 2 rings (SSSR count). The van der Waals surface area contributed by atoms with E-state index in [0.717, 1.165) is 31.5 Å². The monoisotopic (exact) mass is 318 g/mol. The van der Waals surface area contributed by atoms with Crippen LogP contribution < -0.4 is 14.8 Å². The third kappa shape index (κ3) is 3.85. The topological polar surface area (TPSA) is 50.8 Å². The van der Waals surface area contributed by atoms with Crippen LogP contribution >= 0.6 is 0 Å². The lowest BCUT2D eigenvalue weighted by atomic mass is 10.0. The Hall–Kier alpha value is -2.01. The van der Waals surface area contributed by atoms with Gasteiger partial charge in [0.05, 0.1) is 14.2 Å². The molecular formula is C18H26N2O3. The van der Waals surface area contributed by atoms with Crippen LogP contribution in [0.25, 0.3) is 0 Å². The maximum atomic E-state index is 12.8. The lowest BCUT2D eigenvalue weighted by Gasteiger charge is -2.32. The molecular weight excluding hydrogens is 292 g/mol. The minimum absolute atomic E-state index is 0.0471. The second kappa shape index (κ2) is 8.02. The van der Waals surface area contributed by atoms with Gasteiger partial charge in [0.2, 0.25) is 0 Å².